The van der Waals surface area contributed by atoms with Crippen molar-refractivity contribution in [2.45, 2.75) is 113 Å². The highest BCUT2D eigenvalue weighted by molar-refractivity contribution is 8.44. The second kappa shape index (κ2) is 26.8. The van der Waals surface area contributed by atoms with E-state index in [-0.39, 0.29) is 122 Å². The number of nitrogen functional groups attached to an aromatic ring is 3. The topological polar surface area (TPSA) is 580 Å². The molecule has 16 atom stereocenters. The smallest absolute Gasteiger partial charge is 0.382 e. The molecule has 0 aliphatic carbocycles. The third kappa shape index (κ3) is 14.5. The van der Waals surface area contributed by atoms with Gasteiger partial charge in [-0.2, -0.15) is 9.97 Å². The summed E-state index contributed by atoms with van der Waals surface area (Å²) < 4.78 is 90.8. The Morgan fingerprint density at radius 2 is 1.00 bits per heavy atom. The normalized spacial score (nSPS) is 33.4. The summed E-state index contributed by atoms with van der Waals surface area (Å²) in [6.07, 6.45) is -1.50. The van der Waals surface area contributed by atoms with Crippen LogP contribution in [0.2, 0.25) is 0 Å². The Labute approximate surface area is 542 Å². The van der Waals surface area contributed by atoms with Gasteiger partial charge in [-0.15, -0.1) is 0 Å². The molecule has 6 aliphatic rings. The number of hydrogen-bond donors (Lipinski definition) is 12. The summed E-state index contributed by atoms with van der Waals surface area (Å²) in [4.78, 5) is 117. The van der Waals surface area contributed by atoms with Crippen molar-refractivity contribution in [3.8, 4) is 0 Å². The zero-order valence-corrected chi connectivity index (χ0v) is 55.3. The monoisotopic (exact) mass is 1450 g/mol. The highest BCUT2D eigenvalue weighted by Crippen LogP contribution is 2.59. The van der Waals surface area contributed by atoms with Crippen molar-refractivity contribution in [1.82, 2.24) is 90.4 Å². The van der Waals surface area contributed by atoms with E-state index in [4.69, 9.17) is 108 Å². The zero-order chi connectivity index (χ0) is 64.1. The number of fused-ring (bicyclic) bond motifs is 10. The lowest BCUT2D eigenvalue weighted by molar-refractivity contribution is -0.118. The minimum Gasteiger partial charge on any atom is -0.382 e. The molecule has 8 aromatic heterocycles. The lowest BCUT2D eigenvalue weighted by Crippen LogP contribution is -2.29. The number of H-pyrrole nitrogens is 2. The van der Waals surface area contributed by atoms with Crippen molar-refractivity contribution < 1.29 is 79.2 Å². The average molecular weight is 1450 g/mol. The number of nitrogens with two attached hydrogens (primary N) is 3. The van der Waals surface area contributed by atoms with Gasteiger partial charge in [-0.05, 0) is 35.4 Å². The summed E-state index contributed by atoms with van der Waals surface area (Å²) in [7, 11) is 0. The summed E-state index contributed by atoms with van der Waals surface area (Å²) >= 11 is 20.2. The predicted molar refractivity (Wildman–Crippen MR) is 337 cm³/mol. The van der Waals surface area contributed by atoms with Crippen LogP contribution in [0, 0.1) is 5.92 Å². The number of carbonyl (C=O) groups excluding carboxylic acids is 1. The zero-order valence-electron chi connectivity index (χ0n) is 48.4. The molecule has 14 rings (SSSR count). The quantitative estimate of drug-likeness (QED) is 0.0837. The van der Waals surface area contributed by atoms with Gasteiger partial charge in [0.1, 0.15) is 60.6 Å². The van der Waals surface area contributed by atoms with E-state index in [2.05, 4.69) is 77.4 Å². The molecule has 504 valence electrons. The molecule has 6 aliphatic heterocycles. The maximum atomic E-state index is 13.6. The van der Waals surface area contributed by atoms with Gasteiger partial charge in [0.2, 0.25) is 17.8 Å². The van der Waals surface area contributed by atoms with E-state index in [1.54, 1.807) is 23.0 Å². The van der Waals surface area contributed by atoms with Crippen molar-refractivity contribution in [3.05, 3.63) is 58.7 Å². The summed E-state index contributed by atoms with van der Waals surface area (Å²) in [5, 5.41) is 2.55. The Morgan fingerprint density at radius 1 is 0.570 bits per heavy atom. The average Bonchev–Trinajstić information content (AvgIpc) is 1.67. The SMILES string of the molecule is CC(C)C(=O)Nc1nc2c(ncn2[C@@H]2O[C@@H]3COP(O)(=S)O[C@@H]4C[C@H](n5cnc6c(N)ncnc65)O[C@@H]4COP(=O)(S)O[C@H]2C3)c(=O)[nH]1.N.N.Nc1nc2c(ncn2[C@@H]2O[C@@H]3COP(O)(=S)O[C@@H]4C[C@H](n5cnc6c(N)ncnc65)O[C@@H]4COP(O)(=S)O[C@H]2C3)c(=O)[nH]1. The number of amides is 1. The Balaban J connectivity index is 0.000000187. The Hall–Kier alpha value is -5.48. The first kappa shape index (κ1) is 68.9. The maximum Gasteiger partial charge on any atom is 0.386 e. The molecule has 41 nitrogen and oxygen atoms in total. The first-order chi connectivity index (χ1) is 43.2. The fraction of sp³-hybridized carbons (Fsp3) is 0.523. The lowest BCUT2D eigenvalue weighted by atomic mass is 10.2. The molecule has 6 saturated heterocycles. The van der Waals surface area contributed by atoms with Gasteiger partial charge in [0.25, 0.3) is 11.1 Å². The van der Waals surface area contributed by atoms with Crippen LogP contribution in [-0.4, -0.2) is 174 Å². The molecule has 49 heteroatoms. The van der Waals surface area contributed by atoms with Crippen LogP contribution in [-0.2, 0) is 99.9 Å². The molecule has 93 heavy (non-hydrogen) atoms. The standard InChI is InChI=1S/C24H30N10O10P2S2.C20H24N10O9P2S2.2H3N/c1-10(2)21(35)31-24-30-20-17(22(36)32-24)29-9-34(20)23-13-3-11(41-23)5-39-45(37,47)43-12-4-15(42-14(12)6-40-46(38,48)44-13)33-8-28-16-18(25)26-7-27-19(16)33;21-15-13-16(24-5-23-15)29(6-25-13)12-2-9-11(37-12)4-35-41(33,43)39-10-1-8(3-34-40(32,42)38-9)36-19(10)30-7-26-14-17(30)27-20(22)28-18(14)31;;/h7-15,23H,3-6H2,1-2H3,(H,37,47)(H,38,48)(H2,25,26,27)(H2,30,31,32,35,36);5-12,19H,1-4H2,(H,32,42)(H,33,43)(H2,21,23,24)(H3,22,27,28,31);2*1H3/t11-,12+,13-,14+,15+,23+,45?,46?;8-,9+,10-,11+,12+,19+,40?,41?;;/m00../s1. The van der Waals surface area contributed by atoms with Gasteiger partial charge in [-0.3, -0.25) is 57.0 Å². The van der Waals surface area contributed by atoms with Gasteiger partial charge >= 0.3 is 27.0 Å². The van der Waals surface area contributed by atoms with Crippen LogP contribution in [0.5, 0.6) is 0 Å². The third-order valence-electron chi connectivity index (χ3n) is 15.0. The minimum atomic E-state index is -4.13. The number of aromatic amines is 2. The van der Waals surface area contributed by atoms with Gasteiger partial charge in [-0.25, -0.2) is 44.4 Å². The number of rotatable bonds is 6. The molecule has 14 heterocycles. The van der Waals surface area contributed by atoms with E-state index in [1.807, 2.05) is 0 Å². The van der Waals surface area contributed by atoms with Crippen molar-refractivity contribution in [2.75, 3.05) is 48.9 Å². The fourth-order valence-electron chi connectivity index (χ4n) is 10.8. The van der Waals surface area contributed by atoms with Crippen molar-refractivity contribution in [1.29, 1.82) is 0 Å². The molecule has 4 bridgehead atoms. The minimum absolute atomic E-state index is 0. The first-order valence-corrected chi connectivity index (χ1v) is 37.8. The number of hydrogen-bond acceptors (Lipinski definition) is 34. The Bertz CT molecular complexity index is 4470. The summed E-state index contributed by atoms with van der Waals surface area (Å²) in [5.41, 5.74) is 18.2. The number of imidazole rings is 4. The summed E-state index contributed by atoms with van der Waals surface area (Å²) in [5.74, 6) is -0.593. The van der Waals surface area contributed by atoms with E-state index in [1.165, 1.54) is 47.1 Å². The molecule has 0 saturated carbocycles. The van der Waals surface area contributed by atoms with E-state index in [0.29, 0.717) is 22.3 Å². The second-order valence-corrected chi connectivity index (χ2v) is 32.7. The van der Waals surface area contributed by atoms with Crippen molar-refractivity contribution >= 4 is 149 Å². The number of ether oxygens (including phenoxy) is 4. The molecule has 8 aromatic rings. The highest BCUT2D eigenvalue weighted by atomic mass is 32.7. The molecule has 18 N–H and O–H groups in total. The number of nitrogens with one attached hydrogen (secondary N) is 3. The van der Waals surface area contributed by atoms with Crippen LogP contribution in [0.1, 0.15) is 64.4 Å². The van der Waals surface area contributed by atoms with Gasteiger partial charge in [0.05, 0.1) is 76.2 Å². The lowest BCUT2D eigenvalue weighted by Gasteiger charge is -2.27. The predicted octanol–water partition coefficient (Wildman–Crippen LogP) is 2.06. The van der Waals surface area contributed by atoms with Crippen LogP contribution >= 0.6 is 39.2 Å². The van der Waals surface area contributed by atoms with Crippen LogP contribution in [0.15, 0.2) is 47.6 Å². The highest BCUT2D eigenvalue weighted by Gasteiger charge is 2.49. The molecule has 6 fully saturated rings. The van der Waals surface area contributed by atoms with Gasteiger partial charge in [0, 0.05) is 31.6 Å². The molecule has 0 radical (unpaired) electrons. The third-order valence-corrected chi connectivity index (χ3v) is 21.4. The van der Waals surface area contributed by atoms with Crippen LogP contribution in [0.25, 0.3) is 44.7 Å². The number of anilines is 4. The fourth-order valence-corrected chi connectivity index (χ4v) is 16.7. The van der Waals surface area contributed by atoms with Crippen molar-refractivity contribution in [3.63, 3.8) is 0 Å². The summed E-state index contributed by atoms with van der Waals surface area (Å²) in [6.45, 7) is -13.5. The second-order valence-electron chi connectivity index (χ2n) is 21.5. The van der Waals surface area contributed by atoms with Crippen LogP contribution in [0.4, 0.5) is 23.5 Å². The van der Waals surface area contributed by atoms with E-state index in [9.17, 15) is 33.6 Å². The first-order valence-electron chi connectivity index (χ1n) is 27.3. The maximum absolute atomic E-state index is 13.6. The van der Waals surface area contributed by atoms with Gasteiger partial charge in [-0.1, -0.05) is 26.1 Å². The Morgan fingerprint density at radius 3 is 1.51 bits per heavy atom. The van der Waals surface area contributed by atoms with E-state index >= 15 is 0 Å². The van der Waals surface area contributed by atoms with E-state index < -0.39 is 112 Å². The number of thiol groups is 1. The Kier molecular flexibility index (Phi) is 19.9. The van der Waals surface area contributed by atoms with Gasteiger partial charge in [0.15, 0.2) is 57.7 Å². The number of aromatic nitrogens is 16. The molecular weight excluding hydrogens is 1390 g/mol. The molecule has 4 unspecified atom stereocenters. The van der Waals surface area contributed by atoms with Crippen molar-refractivity contribution in [2.24, 2.45) is 5.92 Å². The number of carbonyl (C=O) groups is 1. The molecule has 1 amide bonds. The summed E-state index contributed by atoms with van der Waals surface area (Å²) in [6, 6.07) is 0. The largest absolute Gasteiger partial charge is 0.386 e. The molecular formula is C44H60N22O19P4S4. The molecule has 0 aromatic carbocycles. The van der Waals surface area contributed by atoms with E-state index in [0.717, 1.165) is 0 Å². The number of nitrogens with zero attached hydrogens (tertiary/aromatic N) is 14. The van der Waals surface area contributed by atoms with Crippen LogP contribution < -0.4 is 45.9 Å². The molecule has 0 spiro atoms. The van der Waals surface area contributed by atoms with Gasteiger partial charge < -0.3 is 90.3 Å². The van der Waals surface area contributed by atoms with Crippen LogP contribution in [0.3, 0.4) is 0 Å².